The van der Waals surface area contributed by atoms with E-state index in [-0.39, 0.29) is 5.91 Å². The second-order valence-electron chi connectivity index (χ2n) is 9.06. The minimum atomic E-state index is -0.152. The Morgan fingerprint density at radius 2 is 1.94 bits per heavy atom. The molecule has 3 aromatic heterocycles. The second kappa shape index (κ2) is 9.47. The standard InChI is InChI=1S/C27H28N6O/c1-18-7-9-33(17-18)25-5-3-19(14-31-25)10-21-12-23(16-29-13-21)27(34)32-15-20-2-4-24-22(11-20)6-8-30-26(24)28/h2-6,8,11-14,16,18H,7,9-10,15,17H2,1H3,(H2,28,30)(H,32,34). The van der Waals surface area contributed by atoms with Gasteiger partial charge in [-0.1, -0.05) is 25.1 Å². The topological polar surface area (TPSA) is 97.0 Å². The third-order valence-electron chi connectivity index (χ3n) is 6.34. The largest absolute Gasteiger partial charge is 0.383 e. The van der Waals surface area contributed by atoms with Crippen LogP contribution in [0.15, 0.2) is 67.3 Å². The molecule has 1 atom stereocenters. The molecular formula is C27H28N6O. The lowest BCUT2D eigenvalue weighted by Crippen LogP contribution is -2.23. The van der Waals surface area contributed by atoms with Gasteiger partial charge in [0.25, 0.3) is 5.91 Å². The normalized spacial score (nSPS) is 15.6. The number of hydrogen-bond donors (Lipinski definition) is 2. The summed E-state index contributed by atoms with van der Waals surface area (Å²) in [6, 6.07) is 13.9. The number of aromatic nitrogens is 3. The van der Waals surface area contributed by atoms with E-state index in [1.165, 1.54) is 6.42 Å². The molecule has 1 fully saturated rings. The van der Waals surface area contributed by atoms with Crippen molar-refractivity contribution in [2.45, 2.75) is 26.3 Å². The van der Waals surface area contributed by atoms with E-state index < -0.39 is 0 Å². The third kappa shape index (κ3) is 4.83. The molecule has 7 heteroatoms. The van der Waals surface area contributed by atoms with Crippen molar-refractivity contribution in [1.82, 2.24) is 20.3 Å². The molecule has 1 saturated heterocycles. The lowest BCUT2D eigenvalue weighted by atomic mass is 10.1. The lowest BCUT2D eigenvalue weighted by Gasteiger charge is -2.17. The average Bonchev–Trinajstić information content (AvgIpc) is 3.29. The van der Waals surface area contributed by atoms with Crippen LogP contribution in [-0.2, 0) is 13.0 Å². The summed E-state index contributed by atoms with van der Waals surface area (Å²) in [7, 11) is 0. The molecule has 0 aliphatic carbocycles. The first-order valence-corrected chi connectivity index (χ1v) is 11.6. The Hall–Kier alpha value is -4.00. The lowest BCUT2D eigenvalue weighted by molar-refractivity contribution is 0.0950. The summed E-state index contributed by atoms with van der Waals surface area (Å²) in [5.41, 5.74) is 9.53. The van der Waals surface area contributed by atoms with E-state index in [4.69, 9.17) is 5.73 Å². The number of carbonyl (C=O) groups is 1. The number of benzene rings is 1. The number of rotatable bonds is 6. The summed E-state index contributed by atoms with van der Waals surface area (Å²) in [6.07, 6.45) is 8.91. The molecule has 0 saturated carbocycles. The quantitative estimate of drug-likeness (QED) is 0.459. The second-order valence-corrected chi connectivity index (χ2v) is 9.06. The van der Waals surface area contributed by atoms with Crippen LogP contribution in [0.3, 0.4) is 0 Å². The number of nitrogen functional groups attached to an aromatic ring is 1. The SMILES string of the molecule is CC1CCN(c2ccc(Cc3cncc(C(=O)NCc4ccc5c(N)nccc5c4)c3)cn2)C1. The number of nitrogens with zero attached hydrogens (tertiary/aromatic N) is 4. The molecule has 4 aromatic rings. The highest BCUT2D eigenvalue weighted by atomic mass is 16.1. The zero-order valence-corrected chi connectivity index (χ0v) is 19.2. The van der Waals surface area contributed by atoms with Crippen molar-refractivity contribution in [2.24, 2.45) is 5.92 Å². The molecule has 5 rings (SSSR count). The van der Waals surface area contributed by atoms with Gasteiger partial charge in [0.1, 0.15) is 11.6 Å². The number of nitrogens with two attached hydrogens (primary N) is 1. The van der Waals surface area contributed by atoms with Gasteiger partial charge in [0, 0.05) is 56.2 Å². The van der Waals surface area contributed by atoms with Crippen LogP contribution in [0.25, 0.3) is 10.8 Å². The van der Waals surface area contributed by atoms with Gasteiger partial charge in [0.2, 0.25) is 0 Å². The highest BCUT2D eigenvalue weighted by molar-refractivity contribution is 5.94. The Morgan fingerprint density at radius 3 is 2.74 bits per heavy atom. The maximum absolute atomic E-state index is 12.8. The van der Waals surface area contributed by atoms with Gasteiger partial charge in [-0.25, -0.2) is 9.97 Å². The maximum atomic E-state index is 12.8. The fraction of sp³-hybridized carbons (Fsp3) is 0.259. The monoisotopic (exact) mass is 452 g/mol. The van der Waals surface area contributed by atoms with Gasteiger partial charge in [-0.2, -0.15) is 0 Å². The zero-order chi connectivity index (χ0) is 23.5. The molecule has 1 amide bonds. The van der Waals surface area contributed by atoms with Gasteiger partial charge in [0.15, 0.2) is 0 Å². The summed E-state index contributed by atoms with van der Waals surface area (Å²) in [5.74, 6) is 2.11. The highest BCUT2D eigenvalue weighted by Crippen LogP contribution is 2.22. The summed E-state index contributed by atoms with van der Waals surface area (Å²) in [4.78, 5) is 28.1. The number of pyridine rings is 3. The zero-order valence-electron chi connectivity index (χ0n) is 19.2. The number of nitrogens with one attached hydrogen (secondary N) is 1. The Labute approximate surface area is 199 Å². The molecular weight excluding hydrogens is 424 g/mol. The van der Waals surface area contributed by atoms with Gasteiger partial charge in [-0.15, -0.1) is 0 Å². The van der Waals surface area contributed by atoms with E-state index in [1.54, 1.807) is 18.6 Å². The number of fused-ring (bicyclic) bond motifs is 1. The van der Waals surface area contributed by atoms with Crippen molar-refractivity contribution in [3.63, 3.8) is 0 Å². The smallest absolute Gasteiger partial charge is 0.253 e. The van der Waals surface area contributed by atoms with Crippen LogP contribution in [0.4, 0.5) is 11.6 Å². The first-order chi connectivity index (χ1) is 16.5. The van der Waals surface area contributed by atoms with Crippen molar-refractivity contribution in [2.75, 3.05) is 23.7 Å². The molecule has 0 bridgehead atoms. The molecule has 172 valence electrons. The number of hydrogen-bond acceptors (Lipinski definition) is 6. The van der Waals surface area contributed by atoms with E-state index >= 15 is 0 Å². The summed E-state index contributed by atoms with van der Waals surface area (Å²) in [6.45, 7) is 4.83. The number of carbonyl (C=O) groups excluding carboxylic acids is 1. The van der Waals surface area contributed by atoms with Gasteiger partial charge < -0.3 is 16.0 Å². The van der Waals surface area contributed by atoms with Crippen LogP contribution in [0.5, 0.6) is 0 Å². The maximum Gasteiger partial charge on any atom is 0.253 e. The Bertz CT molecular complexity index is 1320. The van der Waals surface area contributed by atoms with E-state index in [0.717, 1.165) is 52.3 Å². The molecule has 1 unspecified atom stereocenters. The predicted octanol–water partition coefficient (Wildman–Crippen LogP) is 3.97. The van der Waals surface area contributed by atoms with Crippen molar-refractivity contribution in [3.05, 3.63) is 89.5 Å². The van der Waals surface area contributed by atoms with Gasteiger partial charge in [-0.05, 0) is 58.7 Å². The fourth-order valence-corrected chi connectivity index (χ4v) is 4.44. The highest BCUT2D eigenvalue weighted by Gasteiger charge is 2.19. The summed E-state index contributed by atoms with van der Waals surface area (Å²) in [5, 5.41) is 4.90. The van der Waals surface area contributed by atoms with Crippen molar-refractivity contribution < 1.29 is 4.79 Å². The summed E-state index contributed by atoms with van der Waals surface area (Å²) < 4.78 is 0. The molecule has 34 heavy (non-hydrogen) atoms. The van der Waals surface area contributed by atoms with E-state index in [1.807, 2.05) is 36.5 Å². The van der Waals surface area contributed by atoms with E-state index in [0.29, 0.717) is 24.3 Å². The van der Waals surface area contributed by atoms with Gasteiger partial charge in [0.05, 0.1) is 5.56 Å². The number of anilines is 2. The van der Waals surface area contributed by atoms with Gasteiger partial charge >= 0.3 is 0 Å². The molecule has 1 aromatic carbocycles. The molecule has 7 nitrogen and oxygen atoms in total. The van der Waals surface area contributed by atoms with Crippen LogP contribution in [0.1, 0.15) is 40.4 Å². The van der Waals surface area contributed by atoms with Crippen molar-refractivity contribution >= 4 is 28.3 Å². The molecule has 3 N–H and O–H groups in total. The first kappa shape index (κ1) is 21.8. The van der Waals surface area contributed by atoms with E-state index in [9.17, 15) is 4.79 Å². The number of amides is 1. The molecule has 0 spiro atoms. The minimum absolute atomic E-state index is 0.152. The van der Waals surface area contributed by atoms with Crippen LogP contribution < -0.4 is 16.0 Å². The van der Waals surface area contributed by atoms with Crippen molar-refractivity contribution in [3.8, 4) is 0 Å². The first-order valence-electron chi connectivity index (χ1n) is 11.6. The predicted molar refractivity (Wildman–Crippen MR) is 135 cm³/mol. The minimum Gasteiger partial charge on any atom is -0.383 e. The van der Waals surface area contributed by atoms with E-state index in [2.05, 4.69) is 44.2 Å². The molecule has 0 radical (unpaired) electrons. The Morgan fingerprint density at radius 1 is 1.06 bits per heavy atom. The third-order valence-corrected chi connectivity index (χ3v) is 6.34. The molecule has 1 aliphatic rings. The van der Waals surface area contributed by atoms with Crippen LogP contribution in [-0.4, -0.2) is 33.9 Å². The Kier molecular flexibility index (Phi) is 6.08. The van der Waals surface area contributed by atoms with Crippen LogP contribution in [0, 0.1) is 5.92 Å². The van der Waals surface area contributed by atoms with Crippen molar-refractivity contribution in [1.29, 1.82) is 0 Å². The summed E-state index contributed by atoms with van der Waals surface area (Å²) >= 11 is 0. The fourth-order valence-electron chi connectivity index (χ4n) is 4.44. The Balaban J connectivity index is 1.22. The van der Waals surface area contributed by atoms with Crippen LogP contribution in [0.2, 0.25) is 0 Å². The molecule has 1 aliphatic heterocycles. The molecule has 4 heterocycles. The van der Waals surface area contributed by atoms with Crippen LogP contribution >= 0.6 is 0 Å². The van der Waals surface area contributed by atoms with Gasteiger partial charge in [-0.3, -0.25) is 9.78 Å². The average molecular weight is 453 g/mol.